The summed E-state index contributed by atoms with van der Waals surface area (Å²) in [6, 6.07) is 7.07. The zero-order valence-electron chi connectivity index (χ0n) is 11.8. The van der Waals surface area contributed by atoms with E-state index in [1.807, 2.05) is 6.07 Å². The molecule has 0 fully saturated rings. The molecule has 114 valence electrons. The Balaban J connectivity index is 2.05. The average Bonchev–Trinajstić information content (AvgIpc) is 2.55. The van der Waals surface area contributed by atoms with Crippen molar-refractivity contribution in [2.75, 3.05) is 11.1 Å². The second kappa shape index (κ2) is 7.05. The second-order valence-electron chi connectivity index (χ2n) is 4.49. The minimum atomic E-state index is 0.493. The molecule has 0 radical (unpaired) electrons. The summed E-state index contributed by atoms with van der Waals surface area (Å²) in [5, 5.41) is 5.73. The maximum absolute atomic E-state index is 6.22. The first-order chi connectivity index (χ1) is 11.2. The Hall–Kier alpha value is -2.00. The van der Waals surface area contributed by atoms with Gasteiger partial charge in [0.2, 0.25) is 0 Å². The van der Waals surface area contributed by atoms with Gasteiger partial charge in [-0.2, -0.15) is 0 Å². The number of anilines is 2. The van der Waals surface area contributed by atoms with E-state index in [4.69, 9.17) is 29.6 Å². The Morgan fingerprint density at radius 1 is 1.22 bits per heavy atom. The number of thioether (sulfide) groups is 1. The summed E-state index contributed by atoms with van der Waals surface area (Å²) in [4.78, 5) is 13.1. The van der Waals surface area contributed by atoms with Crippen LogP contribution in [0.5, 0.6) is 0 Å². The van der Waals surface area contributed by atoms with Gasteiger partial charge in [0.1, 0.15) is 5.82 Å². The van der Waals surface area contributed by atoms with Crippen molar-refractivity contribution in [3.05, 3.63) is 46.7 Å². The van der Waals surface area contributed by atoms with E-state index in [0.29, 0.717) is 32.5 Å². The third kappa shape index (κ3) is 3.67. The number of hydrogen-bond donors (Lipinski definition) is 1. The number of fused-ring (bicyclic) bond motifs is 1. The number of hydrogen-bond acceptors (Lipinski definition) is 5. The third-order valence-corrected chi connectivity index (χ3v) is 4.25. The SMILES string of the molecule is C#CCSc1nc(Nc2ccc(Cl)cc2Cl)c2ccncc2n1. The molecule has 0 aliphatic carbocycles. The highest BCUT2D eigenvalue weighted by Crippen LogP contribution is 2.31. The first-order valence-corrected chi connectivity index (χ1v) is 8.31. The van der Waals surface area contributed by atoms with Crippen molar-refractivity contribution in [1.82, 2.24) is 15.0 Å². The third-order valence-electron chi connectivity index (χ3n) is 2.95. The second-order valence-corrected chi connectivity index (χ2v) is 6.28. The highest BCUT2D eigenvalue weighted by atomic mass is 35.5. The number of nitrogens with one attached hydrogen (secondary N) is 1. The summed E-state index contributed by atoms with van der Waals surface area (Å²) < 4.78 is 0. The van der Waals surface area contributed by atoms with E-state index >= 15 is 0 Å². The van der Waals surface area contributed by atoms with Gasteiger partial charge in [0.15, 0.2) is 5.16 Å². The lowest BCUT2D eigenvalue weighted by atomic mass is 10.2. The normalized spacial score (nSPS) is 10.5. The number of aromatic nitrogens is 3. The van der Waals surface area contributed by atoms with Gasteiger partial charge in [-0.1, -0.05) is 40.9 Å². The minimum Gasteiger partial charge on any atom is -0.338 e. The first-order valence-electron chi connectivity index (χ1n) is 6.57. The molecule has 4 nitrogen and oxygen atoms in total. The molecule has 0 unspecified atom stereocenters. The van der Waals surface area contributed by atoms with Crippen molar-refractivity contribution in [1.29, 1.82) is 0 Å². The van der Waals surface area contributed by atoms with Crippen LogP contribution in [-0.2, 0) is 0 Å². The summed E-state index contributed by atoms with van der Waals surface area (Å²) in [6.45, 7) is 0. The molecular weight excluding hydrogens is 351 g/mol. The summed E-state index contributed by atoms with van der Waals surface area (Å²) in [6.07, 6.45) is 8.68. The molecule has 23 heavy (non-hydrogen) atoms. The van der Waals surface area contributed by atoms with Gasteiger partial charge in [0.05, 0.1) is 28.2 Å². The van der Waals surface area contributed by atoms with Crippen molar-refractivity contribution in [3.8, 4) is 12.3 Å². The Kier molecular flexibility index (Phi) is 4.87. The molecule has 0 amide bonds. The first kappa shape index (κ1) is 15.9. The van der Waals surface area contributed by atoms with Gasteiger partial charge >= 0.3 is 0 Å². The van der Waals surface area contributed by atoms with Gasteiger partial charge in [-0.3, -0.25) is 4.98 Å². The number of pyridine rings is 1. The Morgan fingerprint density at radius 3 is 2.87 bits per heavy atom. The molecule has 0 spiro atoms. The fourth-order valence-corrected chi connectivity index (χ4v) is 2.93. The van der Waals surface area contributed by atoms with Crippen molar-refractivity contribution >= 4 is 57.4 Å². The van der Waals surface area contributed by atoms with Crippen LogP contribution in [0.1, 0.15) is 0 Å². The average molecular weight is 361 g/mol. The maximum Gasteiger partial charge on any atom is 0.191 e. The highest BCUT2D eigenvalue weighted by Gasteiger charge is 2.10. The molecule has 1 aromatic carbocycles. The molecule has 7 heteroatoms. The predicted octanol–water partition coefficient (Wildman–Crippen LogP) is 4.80. The molecule has 0 atom stereocenters. The summed E-state index contributed by atoms with van der Waals surface area (Å²) in [5.74, 6) is 3.69. The van der Waals surface area contributed by atoms with Crippen LogP contribution in [0.3, 0.4) is 0 Å². The monoisotopic (exact) mass is 360 g/mol. The number of rotatable bonds is 4. The van der Waals surface area contributed by atoms with E-state index in [2.05, 4.69) is 26.2 Å². The predicted molar refractivity (Wildman–Crippen MR) is 96.6 cm³/mol. The molecule has 0 saturated heterocycles. The van der Waals surface area contributed by atoms with Crippen LogP contribution >= 0.6 is 35.0 Å². The summed E-state index contributed by atoms with van der Waals surface area (Å²) >= 11 is 13.5. The van der Waals surface area contributed by atoms with Crippen molar-refractivity contribution in [3.63, 3.8) is 0 Å². The van der Waals surface area contributed by atoms with Crippen molar-refractivity contribution in [2.24, 2.45) is 0 Å². The molecule has 0 aliphatic heterocycles. The van der Waals surface area contributed by atoms with Gasteiger partial charge in [-0.25, -0.2) is 9.97 Å². The van der Waals surface area contributed by atoms with Crippen LogP contribution in [0.4, 0.5) is 11.5 Å². The Bertz CT molecular complexity index is 908. The fourth-order valence-electron chi connectivity index (χ4n) is 1.94. The molecule has 2 heterocycles. The van der Waals surface area contributed by atoms with Crippen molar-refractivity contribution in [2.45, 2.75) is 5.16 Å². The van der Waals surface area contributed by atoms with Crippen LogP contribution in [-0.4, -0.2) is 20.7 Å². The standard InChI is InChI=1S/C16H10Cl2N4S/c1-2-7-23-16-21-14-9-19-6-5-11(14)15(22-16)20-13-4-3-10(17)8-12(13)18/h1,3-6,8-9H,7H2,(H,20,21,22). The van der Waals surface area contributed by atoms with E-state index in [9.17, 15) is 0 Å². The van der Waals surface area contributed by atoms with Gasteiger partial charge in [-0.15, -0.1) is 6.42 Å². The summed E-state index contributed by atoms with van der Waals surface area (Å²) in [7, 11) is 0. The maximum atomic E-state index is 6.22. The molecule has 0 saturated carbocycles. The topological polar surface area (TPSA) is 50.7 Å². The minimum absolute atomic E-state index is 0.493. The molecule has 1 N–H and O–H groups in total. The van der Waals surface area contributed by atoms with Crippen LogP contribution < -0.4 is 5.32 Å². The van der Waals surface area contributed by atoms with E-state index in [1.165, 1.54) is 11.8 Å². The largest absolute Gasteiger partial charge is 0.338 e. The van der Waals surface area contributed by atoms with Crippen LogP contribution in [0, 0.1) is 12.3 Å². The van der Waals surface area contributed by atoms with Crippen LogP contribution in [0.2, 0.25) is 10.0 Å². The Morgan fingerprint density at radius 2 is 2.09 bits per heavy atom. The molecular formula is C16H10Cl2N4S. The number of nitrogens with zero attached hydrogens (tertiary/aromatic N) is 3. The van der Waals surface area contributed by atoms with Crippen LogP contribution in [0.15, 0.2) is 41.8 Å². The zero-order valence-corrected chi connectivity index (χ0v) is 14.1. The van der Waals surface area contributed by atoms with Gasteiger partial charge < -0.3 is 5.32 Å². The zero-order chi connectivity index (χ0) is 16.2. The van der Waals surface area contributed by atoms with Crippen molar-refractivity contribution < 1.29 is 0 Å². The molecule has 2 aromatic heterocycles. The van der Waals surface area contributed by atoms with E-state index in [-0.39, 0.29) is 0 Å². The lowest BCUT2D eigenvalue weighted by molar-refractivity contribution is 1.01. The number of benzene rings is 1. The lowest BCUT2D eigenvalue weighted by Gasteiger charge is -2.11. The Labute approximate surface area is 147 Å². The molecule has 3 aromatic rings. The lowest BCUT2D eigenvalue weighted by Crippen LogP contribution is -1.99. The number of halogens is 2. The molecule has 3 rings (SSSR count). The quantitative estimate of drug-likeness (QED) is 0.411. The number of terminal acetylenes is 1. The van der Waals surface area contributed by atoms with E-state index in [0.717, 1.165) is 10.9 Å². The van der Waals surface area contributed by atoms with Gasteiger partial charge in [0.25, 0.3) is 0 Å². The fraction of sp³-hybridized carbons (Fsp3) is 0.0625. The smallest absolute Gasteiger partial charge is 0.191 e. The van der Waals surface area contributed by atoms with Crippen LogP contribution in [0.25, 0.3) is 10.9 Å². The highest BCUT2D eigenvalue weighted by molar-refractivity contribution is 7.99. The molecule has 0 bridgehead atoms. The van der Waals surface area contributed by atoms with Gasteiger partial charge in [-0.05, 0) is 24.3 Å². The molecule has 0 aliphatic rings. The van der Waals surface area contributed by atoms with E-state index in [1.54, 1.807) is 30.6 Å². The summed E-state index contributed by atoms with van der Waals surface area (Å²) in [5.41, 5.74) is 1.44. The van der Waals surface area contributed by atoms with E-state index < -0.39 is 0 Å². The van der Waals surface area contributed by atoms with Gasteiger partial charge in [0, 0.05) is 16.6 Å².